The molecular weight excluding hydrogens is 306 g/mol. The van der Waals surface area contributed by atoms with Gasteiger partial charge in [0.1, 0.15) is 11.7 Å². The molecule has 0 aliphatic carbocycles. The number of aromatic nitrogens is 3. The molecule has 118 valence electrons. The molecule has 0 unspecified atom stereocenters. The number of nitrogens with one attached hydrogen (secondary N) is 2. The molecule has 0 fully saturated rings. The monoisotopic (exact) mass is 325 g/mol. The second-order valence-corrected chi connectivity index (χ2v) is 6.08. The second-order valence-electron chi connectivity index (χ2n) is 5.68. The number of anilines is 1. The molecule has 1 aromatic heterocycles. The molecule has 3 rings (SSSR count). The van der Waals surface area contributed by atoms with E-state index in [9.17, 15) is 0 Å². The van der Waals surface area contributed by atoms with E-state index >= 15 is 0 Å². The number of hydrogen-bond acceptors (Lipinski definition) is 3. The molecule has 0 aliphatic heterocycles. The Labute approximate surface area is 140 Å². The standard InChI is InChI=1S/C17H19N5S/c1-12(2)16(19-17(23)18-13-8-4-3-5-9-13)22-15-11-7-6-10-14(15)20-21-22/h3-12,16H,1-2H3,(H2,18,19,23)/t16-/m1/s1. The quantitative estimate of drug-likeness (QED) is 0.718. The van der Waals surface area contributed by atoms with Crippen molar-refractivity contribution in [2.24, 2.45) is 5.92 Å². The van der Waals surface area contributed by atoms with Gasteiger partial charge in [0.05, 0.1) is 5.52 Å². The van der Waals surface area contributed by atoms with Gasteiger partial charge in [-0.15, -0.1) is 5.10 Å². The highest BCUT2D eigenvalue weighted by Crippen LogP contribution is 2.20. The zero-order valence-corrected chi connectivity index (χ0v) is 13.9. The Morgan fingerprint density at radius 3 is 2.48 bits per heavy atom. The second kappa shape index (κ2) is 6.75. The van der Waals surface area contributed by atoms with Gasteiger partial charge in [0.15, 0.2) is 5.11 Å². The van der Waals surface area contributed by atoms with Gasteiger partial charge in [-0.3, -0.25) is 0 Å². The van der Waals surface area contributed by atoms with Crippen molar-refractivity contribution in [1.29, 1.82) is 0 Å². The van der Waals surface area contributed by atoms with E-state index in [2.05, 4.69) is 34.8 Å². The number of fused-ring (bicyclic) bond motifs is 1. The average molecular weight is 325 g/mol. The Bertz CT molecular complexity index is 797. The molecule has 0 spiro atoms. The first-order valence-corrected chi connectivity index (χ1v) is 7.98. The number of nitrogens with zero attached hydrogens (tertiary/aromatic N) is 3. The van der Waals surface area contributed by atoms with E-state index < -0.39 is 0 Å². The van der Waals surface area contributed by atoms with Crippen LogP contribution in [-0.2, 0) is 0 Å². The third kappa shape index (κ3) is 3.48. The minimum absolute atomic E-state index is 0.0777. The predicted octanol–water partition coefficient (Wildman–Crippen LogP) is 3.57. The van der Waals surface area contributed by atoms with Gasteiger partial charge in [-0.1, -0.05) is 49.4 Å². The van der Waals surface area contributed by atoms with Gasteiger partial charge in [-0.2, -0.15) is 0 Å². The van der Waals surface area contributed by atoms with Crippen LogP contribution in [0.4, 0.5) is 5.69 Å². The van der Waals surface area contributed by atoms with E-state index in [1.54, 1.807) is 0 Å². The van der Waals surface area contributed by atoms with E-state index in [1.165, 1.54) is 0 Å². The molecule has 6 heteroatoms. The molecule has 0 saturated heterocycles. The zero-order chi connectivity index (χ0) is 16.2. The normalized spacial score (nSPS) is 12.3. The third-order valence-corrected chi connectivity index (χ3v) is 3.80. The van der Waals surface area contributed by atoms with Crippen LogP contribution in [-0.4, -0.2) is 20.1 Å². The molecule has 3 aromatic rings. The molecule has 0 aliphatic rings. The molecule has 1 atom stereocenters. The molecule has 0 saturated carbocycles. The topological polar surface area (TPSA) is 54.8 Å². The summed E-state index contributed by atoms with van der Waals surface area (Å²) in [6.07, 6.45) is -0.0777. The zero-order valence-electron chi connectivity index (χ0n) is 13.1. The van der Waals surface area contributed by atoms with Crippen molar-refractivity contribution in [2.45, 2.75) is 20.0 Å². The molecule has 0 amide bonds. The van der Waals surface area contributed by atoms with Crippen LogP contribution < -0.4 is 10.6 Å². The molecule has 5 nitrogen and oxygen atoms in total. The summed E-state index contributed by atoms with van der Waals surface area (Å²) in [4.78, 5) is 0. The van der Waals surface area contributed by atoms with Crippen LogP contribution in [0.3, 0.4) is 0 Å². The molecule has 2 aromatic carbocycles. The third-order valence-electron chi connectivity index (χ3n) is 3.58. The van der Waals surface area contributed by atoms with Crippen molar-refractivity contribution < 1.29 is 0 Å². The lowest BCUT2D eigenvalue weighted by molar-refractivity contribution is 0.327. The van der Waals surface area contributed by atoms with Crippen molar-refractivity contribution in [2.75, 3.05) is 5.32 Å². The first-order chi connectivity index (χ1) is 11.1. The van der Waals surface area contributed by atoms with Crippen molar-refractivity contribution in [3.05, 3.63) is 54.6 Å². The lowest BCUT2D eigenvalue weighted by atomic mass is 10.1. The SMILES string of the molecule is CC(C)[C@H](NC(=S)Nc1ccccc1)n1nnc2ccccc21. The molecule has 1 heterocycles. The number of para-hydroxylation sites is 2. The fraction of sp³-hybridized carbons (Fsp3) is 0.235. The molecular formula is C17H19N5S. The summed E-state index contributed by atoms with van der Waals surface area (Å²) < 4.78 is 1.89. The molecule has 0 bridgehead atoms. The summed E-state index contributed by atoms with van der Waals surface area (Å²) in [6.45, 7) is 4.25. The molecule has 23 heavy (non-hydrogen) atoms. The summed E-state index contributed by atoms with van der Waals surface area (Å²) >= 11 is 5.44. The van der Waals surface area contributed by atoms with Gasteiger partial charge in [0.2, 0.25) is 0 Å². The Morgan fingerprint density at radius 1 is 1.04 bits per heavy atom. The summed E-state index contributed by atoms with van der Waals surface area (Å²) in [5.74, 6) is 0.288. The summed E-state index contributed by atoms with van der Waals surface area (Å²) in [5, 5.41) is 15.6. The minimum atomic E-state index is -0.0777. The number of rotatable bonds is 4. The highest BCUT2D eigenvalue weighted by Gasteiger charge is 2.20. The minimum Gasteiger partial charge on any atom is -0.340 e. The van der Waals surface area contributed by atoms with Gasteiger partial charge >= 0.3 is 0 Å². The van der Waals surface area contributed by atoms with Gasteiger partial charge in [-0.25, -0.2) is 4.68 Å². The largest absolute Gasteiger partial charge is 0.340 e. The summed E-state index contributed by atoms with van der Waals surface area (Å²) in [5.41, 5.74) is 2.82. The van der Waals surface area contributed by atoms with Crippen LogP contribution in [0.25, 0.3) is 11.0 Å². The van der Waals surface area contributed by atoms with Crippen LogP contribution in [0, 0.1) is 5.92 Å². The molecule has 0 radical (unpaired) electrons. The van der Waals surface area contributed by atoms with E-state index in [-0.39, 0.29) is 12.1 Å². The Hall–Kier alpha value is -2.47. The van der Waals surface area contributed by atoms with E-state index in [1.807, 2.05) is 59.3 Å². The maximum absolute atomic E-state index is 5.44. The first kappa shape index (κ1) is 15.4. The first-order valence-electron chi connectivity index (χ1n) is 7.57. The van der Waals surface area contributed by atoms with Gasteiger partial charge in [0, 0.05) is 5.69 Å². The number of hydrogen-bond donors (Lipinski definition) is 2. The smallest absolute Gasteiger partial charge is 0.172 e. The highest BCUT2D eigenvalue weighted by molar-refractivity contribution is 7.80. The van der Waals surface area contributed by atoms with Crippen LogP contribution in [0.1, 0.15) is 20.0 Å². The Kier molecular flexibility index (Phi) is 4.52. The maximum atomic E-state index is 5.44. The van der Waals surface area contributed by atoms with E-state index in [4.69, 9.17) is 12.2 Å². The van der Waals surface area contributed by atoms with Gasteiger partial charge in [-0.05, 0) is 42.4 Å². The number of benzene rings is 2. The van der Waals surface area contributed by atoms with Gasteiger partial charge < -0.3 is 10.6 Å². The lowest BCUT2D eigenvalue weighted by Crippen LogP contribution is -2.38. The molecule has 2 N–H and O–H groups in total. The lowest BCUT2D eigenvalue weighted by Gasteiger charge is -2.24. The Balaban J connectivity index is 1.81. The fourth-order valence-corrected chi connectivity index (χ4v) is 2.66. The van der Waals surface area contributed by atoms with E-state index in [0.29, 0.717) is 5.11 Å². The predicted molar refractivity (Wildman–Crippen MR) is 97.2 cm³/mol. The van der Waals surface area contributed by atoms with E-state index in [0.717, 1.165) is 16.7 Å². The van der Waals surface area contributed by atoms with Gasteiger partial charge in [0.25, 0.3) is 0 Å². The van der Waals surface area contributed by atoms with Crippen LogP contribution in [0.5, 0.6) is 0 Å². The summed E-state index contributed by atoms with van der Waals surface area (Å²) in [7, 11) is 0. The Morgan fingerprint density at radius 2 is 1.74 bits per heavy atom. The number of thiocarbonyl (C=S) groups is 1. The fourth-order valence-electron chi connectivity index (χ4n) is 2.43. The highest BCUT2D eigenvalue weighted by atomic mass is 32.1. The van der Waals surface area contributed by atoms with Crippen molar-refractivity contribution in [1.82, 2.24) is 20.3 Å². The summed E-state index contributed by atoms with van der Waals surface area (Å²) in [6, 6.07) is 17.8. The van der Waals surface area contributed by atoms with Crippen LogP contribution in [0.15, 0.2) is 54.6 Å². The average Bonchev–Trinajstić information content (AvgIpc) is 2.97. The van der Waals surface area contributed by atoms with Crippen LogP contribution >= 0.6 is 12.2 Å². The van der Waals surface area contributed by atoms with Crippen molar-refractivity contribution >= 4 is 34.1 Å². The van der Waals surface area contributed by atoms with Crippen LogP contribution in [0.2, 0.25) is 0 Å². The maximum Gasteiger partial charge on any atom is 0.172 e. The van der Waals surface area contributed by atoms with Crippen molar-refractivity contribution in [3.63, 3.8) is 0 Å². The van der Waals surface area contributed by atoms with Crippen molar-refractivity contribution in [3.8, 4) is 0 Å².